The van der Waals surface area contributed by atoms with Crippen molar-refractivity contribution in [3.63, 3.8) is 0 Å². The van der Waals surface area contributed by atoms with E-state index in [1.54, 1.807) is 17.0 Å². The van der Waals surface area contributed by atoms with Crippen LogP contribution in [-0.4, -0.2) is 34.7 Å². The van der Waals surface area contributed by atoms with Crippen molar-refractivity contribution < 1.29 is 9.90 Å². The largest absolute Gasteiger partial charge is 0.480 e. The smallest absolute Gasteiger partial charge is 0.325 e. The number of aliphatic carboxylic acids is 1. The second-order valence-electron chi connectivity index (χ2n) is 4.57. The van der Waals surface area contributed by atoms with Gasteiger partial charge < -0.3 is 15.7 Å². The van der Waals surface area contributed by atoms with Gasteiger partial charge in [-0.05, 0) is 25.5 Å². The van der Waals surface area contributed by atoms with Crippen molar-refractivity contribution in [2.75, 3.05) is 18.0 Å². The number of aryl methyl sites for hydroxylation is 1. The van der Waals surface area contributed by atoms with Crippen molar-refractivity contribution in [1.29, 1.82) is 5.26 Å². The summed E-state index contributed by atoms with van der Waals surface area (Å²) in [7, 11) is 0. The Hall–Kier alpha value is -2.13. The van der Waals surface area contributed by atoms with E-state index in [1.165, 1.54) is 0 Å². The number of carboxylic acid groups (broad SMARTS) is 1. The molecule has 0 saturated carbocycles. The molecule has 1 unspecified atom stereocenters. The second-order valence-corrected chi connectivity index (χ2v) is 4.57. The number of rotatable bonds is 2. The van der Waals surface area contributed by atoms with Gasteiger partial charge in [-0.25, -0.2) is 4.98 Å². The molecule has 0 spiro atoms. The first kappa shape index (κ1) is 12.3. The maximum atomic E-state index is 11.1. The Kier molecular flexibility index (Phi) is 2.93. The first-order chi connectivity index (χ1) is 8.46. The van der Waals surface area contributed by atoms with Gasteiger partial charge in [0, 0.05) is 18.8 Å². The zero-order valence-corrected chi connectivity index (χ0v) is 10.1. The molecular formula is C12H14N4O2. The number of nitrogens with two attached hydrogens (primary N) is 1. The van der Waals surface area contributed by atoms with Crippen LogP contribution in [0.1, 0.15) is 17.7 Å². The molecule has 6 nitrogen and oxygen atoms in total. The van der Waals surface area contributed by atoms with E-state index in [0.717, 1.165) is 5.69 Å². The molecule has 0 aliphatic carbocycles. The van der Waals surface area contributed by atoms with Crippen LogP contribution in [0.4, 0.5) is 5.82 Å². The van der Waals surface area contributed by atoms with Crippen LogP contribution in [0.5, 0.6) is 0 Å². The molecule has 0 amide bonds. The molecule has 2 rings (SSSR count). The van der Waals surface area contributed by atoms with E-state index in [9.17, 15) is 4.79 Å². The summed E-state index contributed by atoms with van der Waals surface area (Å²) >= 11 is 0. The zero-order valence-electron chi connectivity index (χ0n) is 10.1. The van der Waals surface area contributed by atoms with E-state index in [1.807, 2.05) is 6.92 Å². The lowest BCUT2D eigenvalue weighted by molar-refractivity contribution is -0.142. The lowest BCUT2D eigenvalue weighted by Gasteiger charge is -2.21. The highest BCUT2D eigenvalue weighted by atomic mass is 16.4. The molecule has 6 heteroatoms. The summed E-state index contributed by atoms with van der Waals surface area (Å²) in [4.78, 5) is 17.2. The summed E-state index contributed by atoms with van der Waals surface area (Å²) in [5, 5.41) is 18.1. The SMILES string of the molecule is Cc1ccc(C#N)c(N2CCC(N)(C(=O)O)C2)n1. The Morgan fingerprint density at radius 1 is 1.67 bits per heavy atom. The number of carbonyl (C=O) groups is 1. The van der Waals surface area contributed by atoms with Crippen LogP contribution < -0.4 is 10.6 Å². The molecule has 1 saturated heterocycles. The fourth-order valence-corrected chi connectivity index (χ4v) is 2.06. The standard InChI is InChI=1S/C12H14N4O2/c1-8-2-3-9(6-13)10(15-8)16-5-4-12(14,7-16)11(17)18/h2-3H,4-5,7,14H2,1H3,(H,17,18). The highest BCUT2D eigenvalue weighted by Crippen LogP contribution is 2.26. The van der Waals surface area contributed by atoms with Crippen LogP contribution in [0.2, 0.25) is 0 Å². The number of pyridine rings is 1. The minimum Gasteiger partial charge on any atom is -0.480 e. The van der Waals surface area contributed by atoms with E-state index >= 15 is 0 Å². The zero-order chi connectivity index (χ0) is 13.3. The number of nitriles is 1. The first-order valence-electron chi connectivity index (χ1n) is 5.61. The van der Waals surface area contributed by atoms with E-state index in [0.29, 0.717) is 24.3 Å². The van der Waals surface area contributed by atoms with Gasteiger partial charge in [0.2, 0.25) is 0 Å². The van der Waals surface area contributed by atoms with Gasteiger partial charge in [-0.1, -0.05) is 0 Å². The summed E-state index contributed by atoms with van der Waals surface area (Å²) in [6.45, 7) is 2.50. The van der Waals surface area contributed by atoms with Crippen LogP contribution in [0, 0.1) is 18.3 Å². The summed E-state index contributed by atoms with van der Waals surface area (Å²) in [6, 6.07) is 5.51. The van der Waals surface area contributed by atoms with Gasteiger partial charge in [0.05, 0.1) is 5.56 Å². The van der Waals surface area contributed by atoms with Crippen molar-refractivity contribution in [1.82, 2.24) is 4.98 Å². The van der Waals surface area contributed by atoms with E-state index < -0.39 is 11.5 Å². The minimum atomic E-state index is -1.25. The number of anilines is 1. The molecular weight excluding hydrogens is 232 g/mol. The van der Waals surface area contributed by atoms with Gasteiger partial charge in [0.1, 0.15) is 17.4 Å². The molecule has 1 fully saturated rings. The number of carboxylic acids is 1. The highest BCUT2D eigenvalue weighted by Gasteiger charge is 2.42. The van der Waals surface area contributed by atoms with Crippen LogP contribution in [-0.2, 0) is 4.79 Å². The Morgan fingerprint density at radius 3 is 2.94 bits per heavy atom. The maximum absolute atomic E-state index is 11.1. The topological polar surface area (TPSA) is 103 Å². The van der Waals surface area contributed by atoms with Gasteiger partial charge in [0.25, 0.3) is 0 Å². The highest BCUT2D eigenvalue weighted by molar-refractivity contribution is 5.80. The van der Waals surface area contributed by atoms with Crippen molar-refractivity contribution in [2.24, 2.45) is 5.73 Å². The molecule has 2 heterocycles. The second kappa shape index (κ2) is 4.27. The molecule has 0 aromatic carbocycles. The third-order valence-corrected chi connectivity index (χ3v) is 3.16. The lowest BCUT2D eigenvalue weighted by Crippen LogP contribution is -2.50. The molecule has 3 N–H and O–H groups in total. The van der Waals surface area contributed by atoms with Gasteiger partial charge >= 0.3 is 5.97 Å². The number of hydrogen-bond donors (Lipinski definition) is 2. The Labute approximate surface area is 105 Å². The Morgan fingerprint density at radius 2 is 2.39 bits per heavy atom. The summed E-state index contributed by atoms with van der Waals surface area (Å²) < 4.78 is 0. The average molecular weight is 246 g/mol. The molecule has 1 aliphatic heterocycles. The molecule has 0 bridgehead atoms. The predicted octanol–water partition coefficient (Wildman–Crippen LogP) is 0.254. The van der Waals surface area contributed by atoms with Crippen LogP contribution in [0.3, 0.4) is 0 Å². The third kappa shape index (κ3) is 2.00. The minimum absolute atomic E-state index is 0.174. The summed E-state index contributed by atoms with van der Waals surface area (Å²) in [5.41, 5.74) is 5.78. The van der Waals surface area contributed by atoms with Crippen LogP contribution >= 0.6 is 0 Å². The van der Waals surface area contributed by atoms with Crippen molar-refractivity contribution in [3.8, 4) is 6.07 Å². The molecule has 1 aromatic heterocycles. The molecule has 18 heavy (non-hydrogen) atoms. The van der Waals surface area contributed by atoms with Gasteiger partial charge in [0.15, 0.2) is 0 Å². The third-order valence-electron chi connectivity index (χ3n) is 3.16. The lowest BCUT2D eigenvalue weighted by atomic mass is 10.0. The van der Waals surface area contributed by atoms with Crippen LogP contribution in [0.25, 0.3) is 0 Å². The number of nitrogens with zero attached hydrogens (tertiary/aromatic N) is 3. The van der Waals surface area contributed by atoms with Gasteiger partial charge in [-0.3, -0.25) is 4.79 Å². The van der Waals surface area contributed by atoms with E-state index in [2.05, 4.69) is 11.1 Å². The fourth-order valence-electron chi connectivity index (χ4n) is 2.06. The van der Waals surface area contributed by atoms with Crippen molar-refractivity contribution in [3.05, 3.63) is 23.4 Å². The molecule has 1 atom stereocenters. The molecule has 1 aliphatic rings. The van der Waals surface area contributed by atoms with Gasteiger partial charge in [-0.2, -0.15) is 5.26 Å². The van der Waals surface area contributed by atoms with Crippen molar-refractivity contribution in [2.45, 2.75) is 18.9 Å². The summed E-state index contributed by atoms with van der Waals surface area (Å²) in [6.07, 6.45) is 0.350. The molecule has 1 aromatic rings. The quantitative estimate of drug-likeness (QED) is 0.775. The van der Waals surface area contributed by atoms with Crippen molar-refractivity contribution >= 4 is 11.8 Å². The van der Waals surface area contributed by atoms with Crippen LogP contribution in [0.15, 0.2) is 12.1 Å². The van der Waals surface area contributed by atoms with E-state index in [4.69, 9.17) is 16.1 Å². The molecule has 0 radical (unpaired) electrons. The predicted molar refractivity (Wildman–Crippen MR) is 65.1 cm³/mol. The summed E-state index contributed by atoms with van der Waals surface area (Å²) in [5.74, 6) is -0.498. The normalized spacial score (nSPS) is 22.8. The average Bonchev–Trinajstić information content (AvgIpc) is 2.73. The molecule has 94 valence electrons. The fraction of sp³-hybridized carbons (Fsp3) is 0.417. The first-order valence-corrected chi connectivity index (χ1v) is 5.61. The van der Waals surface area contributed by atoms with Gasteiger partial charge in [-0.15, -0.1) is 0 Å². The monoisotopic (exact) mass is 246 g/mol. The van der Waals surface area contributed by atoms with E-state index in [-0.39, 0.29) is 6.54 Å². The number of aromatic nitrogens is 1. The number of hydrogen-bond acceptors (Lipinski definition) is 5. The maximum Gasteiger partial charge on any atom is 0.325 e. The Balaban J connectivity index is 2.33. The Bertz CT molecular complexity index is 537.